The minimum absolute atomic E-state index is 0.124. The first-order valence-corrected chi connectivity index (χ1v) is 8.98. The lowest BCUT2D eigenvalue weighted by atomic mass is 10.2. The fraction of sp³-hybridized carbons (Fsp3) is 0.150. The van der Waals surface area contributed by atoms with Gasteiger partial charge in [-0.2, -0.15) is 5.10 Å². The van der Waals surface area contributed by atoms with Crippen molar-refractivity contribution in [3.8, 4) is 11.5 Å². The highest BCUT2D eigenvalue weighted by Crippen LogP contribution is 2.36. The Hall–Kier alpha value is -3.52. The summed E-state index contributed by atoms with van der Waals surface area (Å²) in [6, 6.07) is 12.0. The van der Waals surface area contributed by atoms with E-state index in [2.05, 4.69) is 10.5 Å². The summed E-state index contributed by atoms with van der Waals surface area (Å²) in [5, 5.41) is 13.6. The summed E-state index contributed by atoms with van der Waals surface area (Å²) in [7, 11) is 0. The quantitative estimate of drug-likeness (QED) is 0.428. The van der Waals surface area contributed by atoms with E-state index in [0.717, 1.165) is 5.39 Å². The number of carboxylic acids is 1. The number of nitrogens with zero attached hydrogens (tertiary/aromatic N) is 1. The van der Waals surface area contributed by atoms with E-state index in [1.807, 2.05) is 18.2 Å². The van der Waals surface area contributed by atoms with Gasteiger partial charge in [-0.15, -0.1) is 0 Å². The first-order chi connectivity index (χ1) is 14.0. The number of furan rings is 1. The Kier molecular flexibility index (Phi) is 6.36. The third kappa shape index (κ3) is 5.05. The SMILES string of the molecule is CCOc1cc(/C=N/NC(=O)c2cc3ccccc3o2)cc(Cl)c1OCC(=O)O. The molecule has 0 fully saturated rings. The molecule has 3 aromatic rings. The number of amides is 1. The maximum atomic E-state index is 12.2. The Morgan fingerprint density at radius 2 is 2.03 bits per heavy atom. The molecule has 2 N–H and O–H groups in total. The fourth-order valence-corrected chi connectivity index (χ4v) is 2.79. The van der Waals surface area contributed by atoms with Crippen LogP contribution in [0.1, 0.15) is 23.0 Å². The average molecular weight is 417 g/mol. The lowest BCUT2D eigenvalue weighted by molar-refractivity contribution is -0.139. The minimum Gasteiger partial charge on any atom is -0.490 e. The lowest BCUT2D eigenvalue weighted by Crippen LogP contribution is -2.16. The van der Waals surface area contributed by atoms with Crippen LogP contribution in [0.2, 0.25) is 5.02 Å². The lowest BCUT2D eigenvalue weighted by Gasteiger charge is -2.13. The highest BCUT2D eigenvalue weighted by molar-refractivity contribution is 6.32. The van der Waals surface area contributed by atoms with Crippen LogP contribution in [-0.2, 0) is 4.79 Å². The Morgan fingerprint density at radius 1 is 1.24 bits per heavy atom. The number of fused-ring (bicyclic) bond motifs is 1. The van der Waals surface area contributed by atoms with Crippen molar-refractivity contribution in [1.82, 2.24) is 5.43 Å². The molecular formula is C20H17ClN2O6. The molecule has 9 heteroatoms. The van der Waals surface area contributed by atoms with Gasteiger partial charge in [0.15, 0.2) is 23.9 Å². The maximum Gasteiger partial charge on any atom is 0.341 e. The number of hydrogen-bond acceptors (Lipinski definition) is 6. The van der Waals surface area contributed by atoms with Crippen LogP contribution in [0.4, 0.5) is 0 Å². The van der Waals surface area contributed by atoms with Crippen LogP contribution < -0.4 is 14.9 Å². The largest absolute Gasteiger partial charge is 0.490 e. The maximum absolute atomic E-state index is 12.2. The Morgan fingerprint density at radius 3 is 2.76 bits per heavy atom. The van der Waals surface area contributed by atoms with Crippen molar-refractivity contribution in [3.63, 3.8) is 0 Å². The van der Waals surface area contributed by atoms with Crippen LogP contribution in [-0.4, -0.2) is 36.4 Å². The molecule has 29 heavy (non-hydrogen) atoms. The summed E-state index contributed by atoms with van der Waals surface area (Å²) in [6.07, 6.45) is 1.37. The van der Waals surface area contributed by atoms with Gasteiger partial charge in [0.1, 0.15) is 5.58 Å². The molecule has 0 aliphatic carbocycles. The van der Waals surface area contributed by atoms with Crippen molar-refractivity contribution >= 4 is 40.7 Å². The standard InChI is InChI=1S/C20H17ClN2O6/c1-2-27-16-8-12(7-14(21)19(16)28-11-18(24)25)10-22-23-20(26)17-9-13-5-3-4-6-15(13)29-17/h3-10H,2,11H2,1H3,(H,23,26)(H,24,25)/b22-10+. The molecule has 0 unspecified atom stereocenters. The molecule has 150 valence electrons. The minimum atomic E-state index is -1.14. The zero-order valence-electron chi connectivity index (χ0n) is 15.3. The summed E-state index contributed by atoms with van der Waals surface area (Å²) in [4.78, 5) is 22.9. The molecule has 1 aromatic heterocycles. The Labute approximate surface area is 170 Å². The third-order valence-corrected chi connectivity index (χ3v) is 3.98. The van der Waals surface area contributed by atoms with E-state index in [1.54, 1.807) is 25.1 Å². The molecule has 0 aliphatic rings. The number of benzene rings is 2. The number of hydrazone groups is 1. The van der Waals surface area contributed by atoms with Gasteiger partial charge in [0.05, 0.1) is 17.8 Å². The predicted molar refractivity (Wildman–Crippen MR) is 107 cm³/mol. The first kappa shape index (κ1) is 20.2. The van der Waals surface area contributed by atoms with Crippen LogP contribution in [0.25, 0.3) is 11.0 Å². The van der Waals surface area contributed by atoms with Crippen LogP contribution in [0.15, 0.2) is 52.0 Å². The van der Waals surface area contributed by atoms with Gasteiger partial charge in [0.2, 0.25) is 0 Å². The molecule has 8 nitrogen and oxygen atoms in total. The van der Waals surface area contributed by atoms with Crippen molar-refractivity contribution in [1.29, 1.82) is 0 Å². The van der Waals surface area contributed by atoms with Gasteiger partial charge in [-0.05, 0) is 36.8 Å². The van der Waals surface area contributed by atoms with Gasteiger partial charge in [-0.25, -0.2) is 10.2 Å². The van der Waals surface area contributed by atoms with Crippen LogP contribution in [0, 0.1) is 0 Å². The van der Waals surface area contributed by atoms with Crippen molar-refractivity contribution in [2.75, 3.05) is 13.2 Å². The number of ether oxygens (including phenoxy) is 2. The number of carbonyl (C=O) groups excluding carboxylic acids is 1. The van der Waals surface area contributed by atoms with Crippen LogP contribution in [0.5, 0.6) is 11.5 Å². The van der Waals surface area contributed by atoms with Gasteiger partial charge in [0, 0.05) is 5.39 Å². The summed E-state index contributed by atoms with van der Waals surface area (Å²) >= 11 is 6.17. The zero-order valence-corrected chi connectivity index (χ0v) is 16.1. The van der Waals surface area contributed by atoms with Gasteiger partial charge < -0.3 is 19.0 Å². The smallest absolute Gasteiger partial charge is 0.341 e. The van der Waals surface area contributed by atoms with Crippen molar-refractivity contribution in [2.45, 2.75) is 6.92 Å². The molecule has 0 saturated carbocycles. The number of carbonyl (C=O) groups is 2. The topological polar surface area (TPSA) is 110 Å². The van der Waals surface area contributed by atoms with E-state index in [1.165, 1.54) is 12.3 Å². The second kappa shape index (κ2) is 9.11. The van der Waals surface area contributed by atoms with E-state index < -0.39 is 18.5 Å². The number of nitrogens with one attached hydrogen (secondary N) is 1. The van der Waals surface area contributed by atoms with Gasteiger partial charge in [-0.3, -0.25) is 4.79 Å². The van der Waals surface area contributed by atoms with Crippen LogP contribution in [0.3, 0.4) is 0 Å². The second-order valence-corrected chi connectivity index (χ2v) is 6.20. The predicted octanol–water partition coefficient (Wildman–Crippen LogP) is 3.71. The average Bonchev–Trinajstić information content (AvgIpc) is 3.12. The molecule has 1 amide bonds. The molecule has 0 aliphatic heterocycles. The molecule has 1 heterocycles. The molecule has 0 atom stereocenters. The highest BCUT2D eigenvalue weighted by atomic mass is 35.5. The summed E-state index contributed by atoms with van der Waals surface area (Å²) in [5.74, 6) is -1.11. The molecule has 0 radical (unpaired) electrons. The summed E-state index contributed by atoms with van der Waals surface area (Å²) in [5.41, 5.74) is 3.50. The molecular weight excluding hydrogens is 400 g/mol. The van der Waals surface area contributed by atoms with E-state index in [4.69, 9.17) is 30.6 Å². The Bertz CT molecular complexity index is 1040. The van der Waals surface area contributed by atoms with Gasteiger partial charge in [-0.1, -0.05) is 29.8 Å². The van der Waals surface area contributed by atoms with Gasteiger partial charge in [0.25, 0.3) is 0 Å². The zero-order chi connectivity index (χ0) is 20.8. The number of halogens is 1. The number of para-hydroxylation sites is 1. The normalized spacial score (nSPS) is 11.0. The summed E-state index contributed by atoms with van der Waals surface area (Å²) < 4.78 is 16.1. The molecule has 0 saturated heterocycles. The molecule has 3 rings (SSSR count). The van der Waals surface area contributed by atoms with E-state index in [-0.39, 0.29) is 22.3 Å². The number of rotatable bonds is 8. The van der Waals surface area contributed by atoms with Crippen molar-refractivity contribution in [2.24, 2.45) is 5.10 Å². The number of aliphatic carboxylic acids is 1. The van der Waals surface area contributed by atoms with Crippen molar-refractivity contribution < 1.29 is 28.6 Å². The van der Waals surface area contributed by atoms with E-state index in [9.17, 15) is 9.59 Å². The highest BCUT2D eigenvalue weighted by Gasteiger charge is 2.14. The summed E-state index contributed by atoms with van der Waals surface area (Å²) in [6.45, 7) is 1.53. The molecule has 0 bridgehead atoms. The molecule has 0 spiro atoms. The van der Waals surface area contributed by atoms with Gasteiger partial charge >= 0.3 is 11.9 Å². The van der Waals surface area contributed by atoms with E-state index in [0.29, 0.717) is 17.8 Å². The van der Waals surface area contributed by atoms with Crippen molar-refractivity contribution in [3.05, 3.63) is 58.8 Å². The molecule has 2 aromatic carbocycles. The first-order valence-electron chi connectivity index (χ1n) is 8.61. The number of hydrogen-bond donors (Lipinski definition) is 2. The monoisotopic (exact) mass is 416 g/mol. The Balaban J connectivity index is 1.73. The van der Waals surface area contributed by atoms with E-state index >= 15 is 0 Å². The van der Waals surface area contributed by atoms with Crippen LogP contribution >= 0.6 is 11.6 Å². The third-order valence-electron chi connectivity index (χ3n) is 3.70. The number of carboxylic acid groups (broad SMARTS) is 1. The second-order valence-electron chi connectivity index (χ2n) is 5.79. The fourth-order valence-electron chi connectivity index (χ4n) is 2.51.